The molecule has 0 radical (unpaired) electrons. The van der Waals surface area contributed by atoms with E-state index >= 15 is 0 Å². The Kier molecular flexibility index (Phi) is 5.66. The van der Waals surface area contributed by atoms with Crippen LogP contribution in [0.3, 0.4) is 0 Å². The summed E-state index contributed by atoms with van der Waals surface area (Å²) in [6, 6.07) is 4.14. The fourth-order valence-electron chi connectivity index (χ4n) is 1.65. The lowest BCUT2D eigenvalue weighted by atomic mass is 10.1. The second-order valence-electron chi connectivity index (χ2n) is 4.90. The quantitative estimate of drug-likeness (QED) is 0.860. The van der Waals surface area contributed by atoms with Gasteiger partial charge in [-0.1, -0.05) is 19.9 Å². The summed E-state index contributed by atoms with van der Waals surface area (Å²) in [6.07, 6.45) is -3.25. The minimum Gasteiger partial charge on any atom is -0.493 e. The summed E-state index contributed by atoms with van der Waals surface area (Å²) in [7, 11) is 0. The zero-order chi connectivity index (χ0) is 14.5. The SMILES string of the molecule is CC(C)CCOc1ccc(CCN)cc1C(F)(F)F. The molecule has 0 aromatic heterocycles. The van der Waals surface area contributed by atoms with Crippen molar-refractivity contribution in [2.24, 2.45) is 11.7 Å². The molecule has 0 saturated carbocycles. The third kappa shape index (κ3) is 5.11. The Hall–Kier alpha value is -1.23. The van der Waals surface area contributed by atoms with E-state index in [9.17, 15) is 13.2 Å². The predicted molar refractivity (Wildman–Crippen MR) is 69.2 cm³/mol. The van der Waals surface area contributed by atoms with Crippen molar-refractivity contribution in [3.05, 3.63) is 29.3 Å². The lowest BCUT2D eigenvalue weighted by molar-refractivity contribution is -0.139. The Bertz CT molecular complexity index is 402. The minimum atomic E-state index is -4.40. The van der Waals surface area contributed by atoms with Crippen LogP contribution in [0.4, 0.5) is 13.2 Å². The monoisotopic (exact) mass is 275 g/mol. The molecule has 1 rings (SSSR count). The van der Waals surface area contributed by atoms with Crippen LogP contribution >= 0.6 is 0 Å². The number of hydrogen-bond acceptors (Lipinski definition) is 2. The van der Waals surface area contributed by atoms with Gasteiger partial charge in [-0.15, -0.1) is 0 Å². The summed E-state index contributed by atoms with van der Waals surface area (Å²) in [5, 5.41) is 0. The van der Waals surface area contributed by atoms with Crippen LogP contribution in [-0.2, 0) is 12.6 Å². The second-order valence-corrected chi connectivity index (χ2v) is 4.90. The van der Waals surface area contributed by atoms with E-state index in [1.807, 2.05) is 13.8 Å². The standard InChI is InChI=1S/C14H20F3NO/c1-10(2)6-8-19-13-4-3-11(5-7-18)9-12(13)14(15,16)17/h3-4,9-10H,5-8,18H2,1-2H3. The zero-order valence-corrected chi connectivity index (χ0v) is 11.3. The van der Waals surface area contributed by atoms with Crippen molar-refractivity contribution in [3.63, 3.8) is 0 Å². The van der Waals surface area contributed by atoms with Gasteiger partial charge >= 0.3 is 6.18 Å². The fraction of sp³-hybridized carbons (Fsp3) is 0.571. The Morgan fingerprint density at radius 2 is 1.95 bits per heavy atom. The molecule has 0 fully saturated rings. The third-order valence-corrected chi connectivity index (χ3v) is 2.74. The lowest BCUT2D eigenvalue weighted by Crippen LogP contribution is -2.12. The molecule has 0 atom stereocenters. The fourth-order valence-corrected chi connectivity index (χ4v) is 1.65. The molecular weight excluding hydrogens is 255 g/mol. The normalized spacial score (nSPS) is 11.9. The van der Waals surface area contributed by atoms with Gasteiger partial charge in [-0.2, -0.15) is 13.2 Å². The molecule has 0 aliphatic rings. The van der Waals surface area contributed by atoms with Crippen molar-refractivity contribution in [2.45, 2.75) is 32.9 Å². The van der Waals surface area contributed by atoms with Crippen LogP contribution < -0.4 is 10.5 Å². The number of nitrogens with two attached hydrogens (primary N) is 1. The summed E-state index contributed by atoms with van der Waals surface area (Å²) in [5.41, 5.74) is 5.21. The van der Waals surface area contributed by atoms with E-state index in [0.717, 1.165) is 12.5 Å². The van der Waals surface area contributed by atoms with Gasteiger partial charge in [0.1, 0.15) is 5.75 Å². The zero-order valence-electron chi connectivity index (χ0n) is 11.3. The van der Waals surface area contributed by atoms with Gasteiger partial charge in [0.05, 0.1) is 12.2 Å². The third-order valence-electron chi connectivity index (χ3n) is 2.74. The molecule has 0 heterocycles. The first-order valence-electron chi connectivity index (χ1n) is 6.37. The van der Waals surface area contributed by atoms with E-state index in [1.54, 1.807) is 6.07 Å². The van der Waals surface area contributed by atoms with Gasteiger partial charge in [0, 0.05) is 0 Å². The highest BCUT2D eigenvalue weighted by Gasteiger charge is 2.34. The first-order chi connectivity index (χ1) is 8.84. The molecule has 0 aliphatic heterocycles. The Labute approximate surface area is 111 Å². The number of benzene rings is 1. The van der Waals surface area contributed by atoms with E-state index < -0.39 is 11.7 Å². The maximum Gasteiger partial charge on any atom is 0.419 e. The van der Waals surface area contributed by atoms with E-state index in [-0.39, 0.29) is 12.4 Å². The molecule has 1 aromatic carbocycles. The first-order valence-corrected chi connectivity index (χ1v) is 6.37. The van der Waals surface area contributed by atoms with Crippen LogP contribution in [-0.4, -0.2) is 13.2 Å². The van der Waals surface area contributed by atoms with Crippen molar-refractivity contribution in [2.75, 3.05) is 13.2 Å². The van der Waals surface area contributed by atoms with Crippen LogP contribution in [0.25, 0.3) is 0 Å². The van der Waals surface area contributed by atoms with Gasteiger partial charge in [-0.05, 0) is 43.0 Å². The molecule has 19 heavy (non-hydrogen) atoms. The number of ether oxygens (including phenoxy) is 1. The van der Waals surface area contributed by atoms with Crippen LogP contribution in [0.15, 0.2) is 18.2 Å². The van der Waals surface area contributed by atoms with Crippen molar-refractivity contribution in [1.29, 1.82) is 0 Å². The highest BCUT2D eigenvalue weighted by molar-refractivity contribution is 5.39. The first kappa shape index (κ1) is 15.8. The lowest BCUT2D eigenvalue weighted by Gasteiger charge is -2.16. The maximum absolute atomic E-state index is 12.9. The maximum atomic E-state index is 12.9. The Morgan fingerprint density at radius 1 is 1.26 bits per heavy atom. The van der Waals surface area contributed by atoms with Crippen molar-refractivity contribution < 1.29 is 17.9 Å². The molecule has 0 unspecified atom stereocenters. The minimum absolute atomic E-state index is 0.103. The van der Waals surface area contributed by atoms with Gasteiger partial charge in [-0.3, -0.25) is 0 Å². The molecule has 0 amide bonds. The number of rotatable bonds is 6. The van der Waals surface area contributed by atoms with Gasteiger partial charge in [-0.25, -0.2) is 0 Å². The summed E-state index contributed by atoms with van der Waals surface area (Å²) >= 11 is 0. The smallest absolute Gasteiger partial charge is 0.419 e. The average molecular weight is 275 g/mol. The van der Waals surface area contributed by atoms with Gasteiger partial charge in [0.15, 0.2) is 0 Å². The molecule has 1 aromatic rings. The van der Waals surface area contributed by atoms with Crippen molar-refractivity contribution in [1.82, 2.24) is 0 Å². The molecule has 2 N–H and O–H groups in total. The summed E-state index contributed by atoms with van der Waals surface area (Å²) < 4.78 is 44.1. The summed E-state index contributed by atoms with van der Waals surface area (Å²) in [5.74, 6) is 0.291. The average Bonchev–Trinajstić information content (AvgIpc) is 2.29. The van der Waals surface area contributed by atoms with Gasteiger partial charge in [0.25, 0.3) is 0 Å². The number of halogens is 3. The van der Waals surface area contributed by atoms with Crippen molar-refractivity contribution >= 4 is 0 Å². The van der Waals surface area contributed by atoms with Crippen LogP contribution in [0.5, 0.6) is 5.75 Å². The largest absolute Gasteiger partial charge is 0.493 e. The Morgan fingerprint density at radius 3 is 2.47 bits per heavy atom. The highest BCUT2D eigenvalue weighted by Crippen LogP contribution is 2.37. The molecule has 0 aliphatic carbocycles. The molecule has 0 spiro atoms. The summed E-state index contributed by atoms with van der Waals surface area (Å²) in [4.78, 5) is 0. The molecule has 0 bridgehead atoms. The van der Waals surface area contributed by atoms with E-state index in [1.165, 1.54) is 6.07 Å². The number of alkyl halides is 3. The van der Waals surface area contributed by atoms with Crippen molar-refractivity contribution in [3.8, 4) is 5.75 Å². The van der Waals surface area contributed by atoms with E-state index in [0.29, 0.717) is 24.4 Å². The van der Waals surface area contributed by atoms with Crippen LogP contribution in [0.1, 0.15) is 31.4 Å². The number of hydrogen-bond donors (Lipinski definition) is 1. The second kappa shape index (κ2) is 6.80. The molecule has 0 saturated heterocycles. The topological polar surface area (TPSA) is 35.2 Å². The van der Waals surface area contributed by atoms with E-state index in [4.69, 9.17) is 10.5 Å². The molecular formula is C14H20F3NO. The molecule has 108 valence electrons. The highest BCUT2D eigenvalue weighted by atomic mass is 19.4. The Balaban J connectivity index is 2.90. The van der Waals surface area contributed by atoms with Crippen LogP contribution in [0, 0.1) is 5.92 Å². The summed E-state index contributed by atoms with van der Waals surface area (Å²) in [6.45, 7) is 4.61. The predicted octanol–water partition coefficient (Wildman–Crippen LogP) is 3.63. The molecule has 2 nitrogen and oxygen atoms in total. The van der Waals surface area contributed by atoms with Gasteiger partial charge in [0.2, 0.25) is 0 Å². The van der Waals surface area contributed by atoms with Gasteiger partial charge < -0.3 is 10.5 Å². The molecule has 5 heteroatoms. The van der Waals surface area contributed by atoms with Crippen LogP contribution in [0.2, 0.25) is 0 Å². The van der Waals surface area contributed by atoms with E-state index in [2.05, 4.69) is 0 Å².